The van der Waals surface area contributed by atoms with Gasteiger partial charge in [-0.3, -0.25) is 0 Å². The topological polar surface area (TPSA) is 18.5 Å². The van der Waals surface area contributed by atoms with Crippen molar-refractivity contribution in [2.75, 3.05) is 13.2 Å². The van der Waals surface area contributed by atoms with E-state index in [2.05, 4.69) is 13.8 Å². The van der Waals surface area contributed by atoms with Crippen LogP contribution in [0.3, 0.4) is 0 Å². The van der Waals surface area contributed by atoms with Gasteiger partial charge in [0, 0.05) is 18.6 Å². The second-order valence-electron chi connectivity index (χ2n) is 4.82. The van der Waals surface area contributed by atoms with Crippen molar-refractivity contribution >= 4 is 0 Å². The molecule has 76 valence electrons. The van der Waals surface area contributed by atoms with Crippen LogP contribution in [-0.4, -0.2) is 25.4 Å². The van der Waals surface area contributed by atoms with Crippen molar-refractivity contribution in [1.82, 2.24) is 0 Å². The third-order valence-corrected chi connectivity index (χ3v) is 3.52. The van der Waals surface area contributed by atoms with Gasteiger partial charge in [-0.05, 0) is 25.7 Å². The average Bonchev–Trinajstić information content (AvgIpc) is 2.78. The Kier molecular flexibility index (Phi) is 2.61. The smallest absolute Gasteiger partial charge is 0.0651 e. The Balaban J connectivity index is 1.99. The summed E-state index contributed by atoms with van der Waals surface area (Å²) in [7, 11) is 0. The zero-order valence-corrected chi connectivity index (χ0v) is 8.71. The van der Waals surface area contributed by atoms with E-state index in [1.807, 2.05) is 0 Å². The van der Waals surface area contributed by atoms with Crippen LogP contribution >= 0.6 is 0 Å². The lowest BCUT2D eigenvalue weighted by atomic mass is 9.78. The molecule has 0 bridgehead atoms. The highest BCUT2D eigenvalue weighted by Crippen LogP contribution is 2.39. The summed E-state index contributed by atoms with van der Waals surface area (Å²) >= 11 is 0. The summed E-state index contributed by atoms with van der Waals surface area (Å²) in [6, 6.07) is 0. The normalized spacial score (nSPS) is 35.5. The summed E-state index contributed by atoms with van der Waals surface area (Å²) < 4.78 is 11.5. The van der Waals surface area contributed by atoms with Crippen LogP contribution in [0.2, 0.25) is 0 Å². The summed E-state index contributed by atoms with van der Waals surface area (Å²) in [6.45, 7) is 6.47. The van der Waals surface area contributed by atoms with E-state index >= 15 is 0 Å². The maximum Gasteiger partial charge on any atom is 0.0651 e. The van der Waals surface area contributed by atoms with E-state index in [1.165, 1.54) is 25.7 Å². The molecule has 0 radical (unpaired) electrons. The van der Waals surface area contributed by atoms with Crippen molar-refractivity contribution in [1.29, 1.82) is 0 Å². The maximum atomic E-state index is 5.75. The van der Waals surface area contributed by atoms with E-state index in [1.54, 1.807) is 0 Å². The molecule has 2 fully saturated rings. The van der Waals surface area contributed by atoms with E-state index in [0.717, 1.165) is 13.2 Å². The van der Waals surface area contributed by atoms with Gasteiger partial charge >= 0.3 is 0 Å². The van der Waals surface area contributed by atoms with Crippen LogP contribution in [0, 0.1) is 5.41 Å². The van der Waals surface area contributed by atoms with E-state index in [-0.39, 0.29) is 5.41 Å². The zero-order chi connectivity index (χ0) is 9.31. The summed E-state index contributed by atoms with van der Waals surface area (Å²) in [5.41, 5.74) is 0.215. The largest absolute Gasteiger partial charge is 0.378 e. The predicted octanol–water partition coefficient (Wildman–Crippen LogP) is 2.37. The Morgan fingerprint density at radius 1 is 0.923 bits per heavy atom. The van der Waals surface area contributed by atoms with Gasteiger partial charge in [-0.15, -0.1) is 0 Å². The highest BCUT2D eigenvalue weighted by molar-refractivity contribution is 4.90. The lowest BCUT2D eigenvalue weighted by Crippen LogP contribution is -2.39. The van der Waals surface area contributed by atoms with Gasteiger partial charge in [0.25, 0.3) is 0 Å². The lowest BCUT2D eigenvalue weighted by molar-refractivity contribution is -0.0681. The van der Waals surface area contributed by atoms with Crippen molar-refractivity contribution in [3.8, 4) is 0 Å². The minimum absolute atomic E-state index is 0.215. The number of rotatable bonds is 2. The minimum atomic E-state index is 0.215. The first-order valence-electron chi connectivity index (χ1n) is 5.44. The van der Waals surface area contributed by atoms with Crippen LogP contribution < -0.4 is 0 Å². The van der Waals surface area contributed by atoms with Crippen LogP contribution in [0.15, 0.2) is 0 Å². The Morgan fingerprint density at radius 3 is 1.69 bits per heavy atom. The summed E-state index contributed by atoms with van der Waals surface area (Å²) in [6.07, 6.45) is 5.73. The van der Waals surface area contributed by atoms with Gasteiger partial charge in [0.1, 0.15) is 0 Å². The Labute approximate surface area is 80.6 Å². The van der Waals surface area contributed by atoms with Crippen molar-refractivity contribution in [3.05, 3.63) is 0 Å². The molecule has 2 nitrogen and oxygen atoms in total. The van der Waals surface area contributed by atoms with Gasteiger partial charge in [-0.2, -0.15) is 0 Å². The number of hydrogen-bond donors (Lipinski definition) is 0. The molecule has 2 heterocycles. The van der Waals surface area contributed by atoms with E-state index in [0.29, 0.717) is 12.2 Å². The summed E-state index contributed by atoms with van der Waals surface area (Å²) in [5.74, 6) is 0. The predicted molar refractivity (Wildman–Crippen MR) is 51.7 cm³/mol. The monoisotopic (exact) mass is 184 g/mol. The summed E-state index contributed by atoms with van der Waals surface area (Å²) in [5, 5.41) is 0. The van der Waals surface area contributed by atoms with Crippen LogP contribution in [0.5, 0.6) is 0 Å². The van der Waals surface area contributed by atoms with Crippen LogP contribution in [0.1, 0.15) is 39.5 Å². The molecule has 0 aromatic rings. The first kappa shape index (κ1) is 9.47. The van der Waals surface area contributed by atoms with Crippen LogP contribution in [0.25, 0.3) is 0 Å². The van der Waals surface area contributed by atoms with Crippen LogP contribution in [0.4, 0.5) is 0 Å². The van der Waals surface area contributed by atoms with Gasteiger partial charge in [0.05, 0.1) is 12.2 Å². The first-order valence-corrected chi connectivity index (χ1v) is 5.44. The SMILES string of the molecule is CC(C)(C1CCCO1)[C@H]1CCCO1. The van der Waals surface area contributed by atoms with Gasteiger partial charge < -0.3 is 9.47 Å². The van der Waals surface area contributed by atoms with E-state index < -0.39 is 0 Å². The molecular weight excluding hydrogens is 164 g/mol. The molecule has 2 aliphatic rings. The zero-order valence-electron chi connectivity index (χ0n) is 8.71. The fourth-order valence-corrected chi connectivity index (χ4v) is 2.54. The molecule has 2 saturated heterocycles. The quantitative estimate of drug-likeness (QED) is 0.656. The summed E-state index contributed by atoms with van der Waals surface area (Å²) in [4.78, 5) is 0. The maximum absolute atomic E-state index is 5.75. The number of hydrogen-bond acceptors (Lipinski definition) is 2. The van der Waals surface area contributed by atoms with E-state index in [4.69, 9.17) is 9.47 Å². The van der Waals surface area contributed by atoms with Crippen molar-refractivity contribution in [2.45, 2.75) is 51.7 Å². The standard InChI is InChI=1S/C11H20O2/c1-11(2,9-5-3-7-12-9)10-6-4-8-13-10/h9-10H,3-8H2,1-2H3/t9-,10?/m1/s1. The first-order chi connectivity index (χ1) is 6.21. The molecule has 0 spiro atoms. The Bertz CT molecular complexity index is 147. The molecule has 0 aliphatic carbocycles. The highest BCUT2D eigenvalue weighted by Gasteiger charge is 2.41. The molecule has 2 atom stereocenters. The minimum Gasteiger partial charge on any atom is -0.378 e. The third-order valence-electron chi connectivity index (χ3n) is 3.52. The van der Waals surface area contributed by atoms with E-state index in [9.17, 15) is 0 Å². The van der Waals surface area contributed by atoms with Crippen LogP contribution in [-0.2, 0) is 9.47 Å². The number of ether oxygens (including phenoxy) is 2. The van der Waals surface area contributed by atoms with Gasteiger partial charge in [0.2, 0.25) is 0 Å². The molecule has 2 rings (SSSR count). The molecule has 13 heavy (non-hydrogen) atoms. The van der Waals surface area contributed by atoms with Gasteiger partial charge in [-0.1, -0.05) is 13.8 Å². The molecule has 2 aliphatic heterocycles. The van der Waals surface area contributed by atoms with Gasteiger partial charge in [0.15, 0.2) is 0 Å². The molecule has 1 unspecified atom stereocenters. The molecule has 0 N–H and O–H groups in total. The molecule has 2 heteroatoms. The molecule has 0 aromatic carbocycles. The second-order valence-corrected chi connectivity index (χ2v) is 4.82. The molecule has 0 amide bonds. The highest BCUT2D eigenvalue weighted by atomic mass is 16.5. The second kappa shape index (κ2) is 3.58. The Morgan fingerprint density at radius 2 is 1.38 bits per heavy atom. The van der Waals surface area contributed by atoms with Gasteiger partial charge in [-0.25, -0.2) is 0 Å². The third kappa shape index (κ3) is 1.75. The molecular formula is C11H20O2. The molecule has 0 aromatic heterocycles. The molecule has 0 saturated carbocycles. The van der Waals surface area contributed by atoms with Crippen molar-refractivity contribution in [3.63, 3.8) is 0 Å². The Hall–Kier alpha value is -0.0800. The average molecular weight is 184 g/mol. The fraction of sp³-hybridized carbons (Fsp3) is 1.00. The lowest BCUT2D eigenvalue weighted by Gasteiger charge is -2.35. The van der Waals surface area contributed by atoms with Crippen molar-refractivity contribution in [2.24, 2.45) is 5.41 Å². The fourth-order valence-electron chi connectivity index (χ4n) is 2.54. The van der Waals surface area contributed by atoms with Crippen molar-refractivity contribution < 1.29 is 9.47 Å².